The van der Waals surface area contributed by atoms with Gasteiger partial charge in [-0.2, -0.15) is 0 Å². The maximum atomic E-state index is 13.8. The SMILES string of the molecule is COc1ccc(Cn2c(C(=O)O)cccc2=O)c(F)c1. The van der Waals surface area contributed by atoms with Crippen molar-refractivity contribution < 1.29 is 19.0 Å². The van der Waals surface area contributed by atoms with Gasteiger partial charge < -0.3 is 9.84 Å². The number of methoxy groups -OCH3 is 1. The highest BCUT2D eigenvalue weighted by Crippen LogP contribution is 2.17. The summed E-state index contributed by atoms with van der Waals surface area (Å²) in [4.78, 5) is 22.8. The van der Waals surface area contributed by atoms with Gasteiger partial charge in [0.05, 0.1) is 13.7 Å². The molecule has 0 radical (unpaired) electrons. The van der Waals surface area contributed by atoms with Gasteiger partial charge in [-0.1, -0.05) is 12.1 Å². The number of hydrogen-bond donors (Lipinski definition) is 1. The largest absolute Gasteiger partial charge is 0.497 e. The topological polar surface area (TPSA) is 68.5 Å². The fraction of sp³-hybridized carbons (Fsp3) is 0.143. The summed E-state index contributed by atoms with van der Waals surface area (Å²) in [6.45, 7) is -0.156. The van der Waals surface area contributed by atoms with E-state index in [2.05, 4.69) is 0 Å². The molecule has 0 aliphatic carbocycles. The maximum absolute atomic E-state index is 13.8. The van der Waals surface area contributed by atoms with Gasteiger partial charge in [0.2, 0.25) is 0 Å². The summed E-state index contributed by atoms with van der Waals surface area (Å²) in [5, 5.41) is 9.05. The van der Waals surface area contributed by atoms with Crippen molar-refractivity contribution in [2.45, 2.75) is 6.54 Å². The van der Waals surface area contributed by atoms with Crippen molar-refractivity contribution in [2.75, 3.05) is 7.11 Å². The fourth-order valence-corrected chi connectivity index (χ4v) is 1.82. The molecule has 0 bridgehead atoms. The molecule has 0 aliphatic heterocycles. The quantitative estimate of drug-likeness (QED) is 0.924. The third kappa shape index (κ3) is 2.69. The van der Waals surface area contributed by atoms with Gasteiger partial charge in [0.25, 0.3) is 5.56 Å². The van der Waals surface area contributed by atoms with Crippen LogP contribution in [0.2, 0.25) is 0 Å². The van der Waals surface area contributed by atoms with E-state index in [4.69, 9.17) is 9.84 Å². The van der Waals surface area contributed by atoms with E-state index in [0.29, 0.717) is 5.75 Å². The van der Waals surface area contributed by atoms with Crippen LogP contribution in [-0.4, -0.2) is 22.8 Å². The second-order valence-corrected chi connectivity index (χ2v) is 4.10. The van der Waals surface area contributed by atoms with Crippen LogP contribution in [0, 0.1) is 5.82 Å². The average Bonchev–Trinajstić information content (AvgIpc) is 2.42. The molecule has 0 amide bonds. The molecule has 1 aromatic heterocycles. The zero-order valence-electron chi connectivity index (χ0n) is 10.7. The number of aromatic carboxylic acids is 1. The average molecular weight is 277 g/mol. The first-order chi connectivity index (χ1) is 9.52. The van der Waals surface area contributed by atoms with Gasteiger partial charge >= 0.3 is 5.97 Å². The number of carboxylic acids is 1. The summed E-state index contributed by atoms with van der Waals surface area (Å²) >= 11 is 0. The summed E-state index contributed by atoms with van der Waals surface area (Å²) in [6.07, 6.45) is 0. The maximum Gasteiger partial charge on any atom is 0.352 e. The second-order valence-electron chi connectivity index (χ2n) is 4.10. The lowest BCUT2D eigenvalue weighted by Gasteiger charge is -2.11. The summed E-state index contributed by atoms with van der Waals surface area (Å²) in [5.41, 5.74) is -0.477. The third-order valence-corrected chi connectivity index (χ3v) is 2.86. The molecule has 104 valence electrons. The molecule has 0 fully saturated rings. The molecule has 0 unspecified atom stereocenters. The van der Waals surface area contributed by atoms with Crippen molar-refractivity contribution in [2.24, 2.45) is 0 Å². The van der Waals surface area contributed by atoms with Gasteiger partial charge in [-0.15, -0.1) is 0 Å². The Hall–Kier alpha value is -2.63. The summed E-state index contributed by atoms with van der Waals surface area (Å²) in [7, 11) is 1.42. The fourth-order valence-electron chi connectivity index (χ4n) is 1.82. The Balaban J connectivity index is 2.45. The van der Waals surface area contributed by atoms with E-state index in [1.54, 1.807) is 6.07 Å². The Labute approximate surface area is 113 Å². The Kier molecular flexibility index (Phi) is 3.84. The molecule has 5 nitrogen and oxygen atoms in total. The molecule has 1 N–H and O–H groups in total. The lowest BCUT2D eigenvalue weighted by molar-refractivity contribution is 0.0684. The van der Waals surface area contributed by atoms with E-state index in [1.807, 2.05) is 0 Å². The third-order valence-electron chi connectivity index (χ3n) is 2.86. The van der Waals surface area contributed by atoms with E-state index >= 15 is 0 Å². The van der Waals surface area contributed by atoms with Gasteiger partial charge in [0, 0.05) is 17.7 Å². The van der Waals surface area contributed by atoms with Gasteiger partial charge in [0.15, 0.2) is 0 Å². The zero-order valence-corrected chi connectivity index (χ0v) is 10.7. The molecule has 0 saturated heterocycles. The smallest absolute Gasteiger partial charge is 0.352 e. The van der Waals surface area contributed by atoms with E-state index in [-0.39, 0.29) is 17.8 Å². The van der Waals surface area contributed by atoms with Crippen molar-refractivity contribution in [1.29, 1.82) is 0 Å². The second kappa shape index (κ2) is 5.56. The predicted octanol–water partition coefficient (Wildman–Crippen LogP) is 1.74. The molecular formula is C14H12FNO4. The molecule has 1 aromatic carbocycles. The van der Waals surface area contributed by atoms with Crippen molar-refractivity contribution in [3.63, 3.8) is 0 Å². The van der Waals surface area contributed by atoms with Gasteiger partial charge in [0.1, 0.15) is 17.3 Å². The molecule has 6 heteroatoms. The highest BCUT2D eigenvalue weighted by Gasteiger charge is 2.13. The van der Waals surface area contributed by atoms with Crippen LogP contribution in [0.1, 0.15) is 16.1 Å². The molecular weight excluding hydrogens is 265 g/mol. The van der Waals surface area contributed by atoms with Crippen molar-refractivity contribution in [3.05, 3.63) is 63.8 Å². The minimum absolute atomic E-state index is 0.156. The van der Waals surface area contributed by atoms with Crippen LogP contribution in [0.3, 0.4) is 0 Å². The first kappa shape index (κ1) is 13.8. The lowest BCUT2D eigenvalue weighted by Crippen LogP contribution is -2.25. The summed E-state index contributed by atoms with van der Waals surface area (Å²) in [5.74, 6) is -1.45. The van der Waals surface area contributed by atoms with Gasteiger partial charge in [-0.05, 0) is 12.1 Å². The first-order valence-electron chi connectivity index (χ1n) is 5.78. The molecule has 2 aromatic rings. The van der Waals surface area contributed by atoms with Crippen LogP contribution in [0.4, 0.5) is 4.39 Å². The van der Waals surface area contributed by atoms with E-state index in [9.17, 15) is 14.0 Å². The van der Waals surface area contributed by atoms with Crippen LogP contribution in [0.15, 0.2) is 41.2 Å². The number of nitrogens with zero attached hydrogens (tertiary/aromatic N) is 1. The molecule has 0 aliphatic rings. The minimum atomic E-state index is -1.24. The number of carboxylic acid groups (broad SMARTS) is 1. The standard InChI is InChI=1S/C14H12FNO4/c1-20-10-6-5-9(11(15)7-10)8-16-12(14(18)19)3-2-4-13(16)17/h2-7H,8H2,1H3,(H,18,19). The van der Waals surface area contributed by atoms with Crippen molar-refractivity contribution in [1.82, 2.24) is 4.57 Å². The molecule has 20 heavy (non-hydrogen) atoms. The molecule has 0 spiro atoms. The first-order valence-corrected chi connectivity index (χ1v) is 5.78. The number of carbonyl (C=O) groups is 1. The molecule has 1 heterocycles. The van der Waals surface area contributed by atoms with E-state index in [0.717, 1.165) is 4.57 Å². The predicted molar refractivity (Wildman–Crippen MR) is 69.7 cm³/mol. The number of hydrogen-bond acceptors (Lipinski definition) is 3. The van der Waals surface area contributed by atoms with Crippen molar-refractivity contribution >= 4 is 5.97 Å². The number of rotatable bonds is 4. The number of aromatic nitrogens is 1. The van der Waals surface area contributed by atoms with Crippen LogP contribution < -0.4 is 10.3 Å². The van der Waals surface area contributed by atoms with Gasteiger partial charge in [-0.3, -0.25) is 9.36 Å². The number of halogens is 1. The van der Waals surface area contributed by atoms with Crippen LogP contribution in [0.5, 0.6) is 5.75 Å². The van der Waals surface area contributed by atoms with Crippen LogP contribution in [-0.2, 0) is 6.54 Å². The molecule has 0 saturated carbocycles. The Morgan fingerprint density at radius 3 is 2.70 bits per heavy atom. The number of pyridine rings is 1. The van der Waals surface area contributed by atoms with E-state index < -0.39 is 17.3 Å². The monoisotopic (exact) mass is 277 g/mol. The number of benzene rings is 1. The Morgan fingerprint density at radius 2 is 2.10 bits per heavy atom. The van der Waals surface area contributed by atoms with E-state index in [1.165, 1.54) is 37.4 Å². The van der Waals surface area contributed by atoms with Crippen LogP contribution in [0.25, 0.3) is 0 Å². The molecule has 2 rings (SSSR count). The van der Waals surface area contributed by atoms with Gasteiger partial charge in [-0.25, -0.2) is 9.18 Å². The van der Waals surface area contributed by atoms with Crippen molar-refractivity contribution in [3.8, 4) is 5.75 Å². The summed E-state index contributed by atoms with van der Waals surface area (Å²) < 4.78 is 19.7. The number of ether oxygens (including phenoxy) is 1. The molecule has 0 atom stereocenters. The minimum Gasteiger partial charge on any atom is -0.497 e. The van der Waals surface area contributed by atoms with Crippen LogP contribution >= 0.6 is 0 Å². The normalized spacial score (nSPS) is 10.3. The highest BCUT2D eigenvalue weighted by molar-refractivity contribution is 5.85. The zero-order chi connectivity index (χ0) is 14.7. The Morgan fingerprint density at radius 1 is 1.35 bits per heavy atom. The lowest BCUT2D eigenvalue weighted by atomic mass is 10.2. The highest BCUT2D eigenvalue weighted by atomic mass is 19.1. The summed E-state index contributed by atoms with van der Waals surface area (Å²) in [6, 6.07) is 8.07. The Bertz CT molecular complexity index is 709.